The van der Waals surface area contributed by atoms with E-state index in [0.29, 0.717) is 11.6 Å². The topological polar surface area (TPSA) is 51.2 Å². The Hall–Kier alpha value is -1.24. The van der Waals surface area contributed by atoms with Crippen LogP contribution >= 0.6 is 27.3 Å². The molecule has 1 aliphatic rings. The lowest BCUT2D eigenvalue weighted by molar-refractivity contribution is -0.116. The van der Waals surface area contributed by atoms with Crippen LogP contribution in [0.25, 0.3) is 11.3 Å². The molecule has 0 aliphatic carbocycles. The number of thiazole rings is 1. The molecule has 23 heavy (non-hydrogen) atoms. The zero-order chi connectivity index (χ0) is 16.2. The van der Waals surface area contributed by atoms with Gasteiger partial charge >= 0.3 is 0 Å². The molecule has 1 amide bonds. The van der Waals surface area contributed by atoms with E-state index in [9.17, 15) is 4.79 Å². The average Bonchev–Trinajstić information content (AvgIpc) is 3.16. The number of aryl methyl sites for hydroxylation is 1. The number of carbonyl (C=O) groups excluding carboxylic acids is 1. The van der Waals surface area contributed by atoms with E-state index in [1.54, 1.807) is 0 Å². The maximum absolute atomic E-state index is 12.1. The Morgan fingerprint density at radius 1 is 1.43 bits per heavy atom. The Bertz CT molecular complexity index is 678. The molecule has 1 aliphatic heterocycles. The number of hydrogen-bond acceptors (Lipinski definition) is 4. The van der Waals surface area contributed by atoms with Crippen molar-refractivity contribution in [1.82, 2.24) is 4.98 Å². The lowest BCUT2D eigenvalue weighted by atomic mass is 10.1. The fourth-order valence-electron chi connectivity index (χ4n) is 2.67. The first-order valence-electron chi connectivity index (χ1n) is 7.76. The third-order valence-electron chi connectivity index (χ3n) is 3.88. The smallest absolute Gasteiger partial charge is 0.226 e. The minimum atomic E-state index is 0.0107. The van der Waals surface area contributed by atoms with Crippen LogP contribution in [0.4, 0.5) is 5.13 Å². The van der Waals surface area contributed by atoms with E-state index in [1.807, 2.05) is 31.2 Å². The van der Waals surface area contributed by atoms with Crippen molar-refractivity contribution in [2.75, 3.05) is 11.9 Å². The van der Waals surface area contributed by atoms with Crippen LogP contribution in [0.15, 0.2) is 28.7 Å². The maximum Gasteiger partial charge on any atom is 0.226 e. The number of halogens is 1. The quantitative estimate of drug-likeness (QED) is 0.793. The van der Waals surface area contributed by atoms with Crippen molar-refractivity contribution < 1.29 is 9.53 Å². The molecule has 1 aromatic carbocycles. The van der Waals surface area contributed by atoms with Crippen LogP contribution in [0, 0.1) is 6.92 Å². The molecular formula is C17H19BrN2O2S. The molecule has 1 aromatic heterocycles. The van der Waals surface area contributed by atoms with Crippen LogP contribution in [0.3, 0.4) is 0 Å². The van der Waals surface area contributed by atoms with Crippen LogP contribution in [0.1, 0.15) is 30.6 Å². The molecular weight excluding hydrogens is 376 g/mol. The summed E-state index contributed by atoms with van der Waals surface area (Å²) in [4.78, 5) is 17.7. The highest BCUT2D eigenvalue weighted by Gasteiger charge is 2.17. The Morgan fingerprint density at radius 3 is 2.91 bits per heavy atom. The minimum Gasteiger partial charge on any atom is -0.378 e. The third-order valence-corrected chi connectivity index (χ3v) is 5.29. The zero-order valence-electron chi connectivity index (χ0n) is 13.0. The molecule has 0 radical (unpaired) electrons. The van der Waals surface area contributed by atoms with E-state index in [1.165, 1.54) is 11.3 Å². The summed E-state index contributed by atoms with van der Waals surface area (Å²) in [6.45, 7) is 2.85. The molecule has 1 saturated heterocycles. The molecule has 1 atom stereocenters. The zero-order valence-corrected chi connectivity index (χ0v) is 15.4. The summed E-state index contributed by atoms with van der Waals surface area (Å²) < 4.78 is 6.59. The summed E-state index contributed by atoms with van der Waals surface area (Å²) in [6.07, 6.45) is 3.69. The number of ether oxygens (including phenoxy) is 1. The summed E-state index contributed by atoms with van der Waals surface area (Å²) >= 11 is 4.95. The molecule has 1 N–H and O–H groups in total. The van der Waals surface area contributed by atoms with E-state index >= 15 is 0 Å². The number of amides is 1. The molecule has 6 heteroatoms. The Morgan fingerprint density at radius 2 is 2.22 bits per heavy atom. The van der Waals surface area contributed by atoms with Crippen LogP contribution in [0.5, 0.6) is 0 Å². The number of hydrogen-bond donors (Lipinski definition) is 1. The highest BCUT2D eigenvalue weighted by Crippen LogP contribution is 2.31. The van der Waals surface area contributed by atoms with Crippen LogP contribution in [0.2, 0.25) is 0 Å². The first-order valence-corrected chi connectivity index (χ1v) is 9.37. The number of nitrogens with one attached hydrogen (secondary N) is 1. The third kappa shape index (κ3) is 4.40. The van der Waals surface area contributed by atoms with Crippen molar-refractivity contribution in [2.24, 2.45) is 0 Å². The fourth-order valence-corrected chi connectivity index (χ4v) is 3.79. The normalized spacial score (nSPS) is 17.4. The maximum atomic E-state index is 12.1. The van der Waals surface area contributed by atoms with E-state index in [-0.39, 0.29) is 12.0 Å². The second-order valence-corrected chi connectivity index (χ2v) is 7.77. The summed E-state index contributed by atoms with van der Waals surface area (Å²) in [5.41, 5.74) is 1.98. The van der Waals surface area contributed by atoms with E-state index in [2.05, 4.69) is 26.2 Å². The van der Waals surface area contributed by atoms with Crippen molar-refractivity contribution in [3.8, 4) is 11.3 Å². The predicted octanol–water partition coefficient (Wildman–Crippen LogP) is 4.78. The van der Waals surface area contributed by atoms with Gasteiger partial charge in [0.1, 0.15) is 0 Å². The van der Waals surface area contributed by atoms with E-state index in [4.69, 9.17) is 4.74 Å². The highest BCUT2D eigenvalue weighted by molar-refractivity contribution is 9.10. The second kappa shape index (κ2) is 7.55. The summed E-state index contributed by atoms with van der Waals surface area (Å²) in [6, 6.07) is 8.03. The fraction of sp³-hybridized carbons (Fsp3) is 0.412. The van der Waals surface area contributed by atoms with Crippen molar-refractivity contribution in [3.63, 3.8) is 0 Å². The van der Waals surface area contributed by atoms with Crippen molar-refractivity contribution in [3.05, 3.63) is 33.6 Å². The van der Waals surface area contributed by atoms with Gasteiger partial charge in [0.2, 0.25) is 5.91 Å². The van der Waals surface area contributed by atoms with Crippen molar-refractivity contribution in [1.29, 1.82) is 0 Å². The summed E-state index contributed by atoms with van der Waals surface area (Å²) in [5.74, 6) is 0.0107. The van der Waals surface area contributed by atoms with Gasteiger partial charge in [0, 0.05) is 27.9 Å². The molecule has 3 rings (SSSR count). The van der Waals surface area contributed by atoms with Gasteiger partial charge in [0.05, 0.1) is 11.8 Å². The van der Waals surface area contributed by atoms with Gasteiger partial charge in [-0.15, -0.1) is 11.3 Å². The average molecular weight is 395 g/mol. The standard InChI is InChI=1S/C17H19BrN2O2S/c1-11-16(12-4-6-13(18)7-5-12)20-17(23-11)19-15(21)9-8-14-3-2-10-22-14/h4-7,14H,2-3,8-10H2,1H3,(H,19,20,21). The molecule has 0 bridgehead atoms. The monoisotopic (exact) mass is 394 g/mol. The SMILES string of the molecule is Cc1sc(NC(=O)CCC2CCCO2)nc1-c1ccc(Br)cc1. The number of anilines is 1. The lowest BCUT2D eigenvalue weighted by Crippen LogP contribution is -2.15. The molecule has 2 heterocycles. The summed E-state index contributed by atoms with van der Waals surface area (Å²) in [5, 5.41) is 3.58. The first-order chi connectivity index (χ1) is 11.1. The second-order valence-electron chi connectivity index (χ2n) is 5.65. The van der Waals surface area contributed by atoms with Crippen molar-refractivity contribution >= 4 is 38.3 Å². The number of nitrogens with zero attached hydrogens (tertiary/aromatic N) is 1. The minimum absolute atomic E-state index is 0.0107. The van der Waals surface area contributed by atoms with Gasteiger partial charge in [-0.2, -0.15) is 0 Å². The highest BCUT2D eigenvalue weighted by atomic mass is 79.9. The van der Waals surface area contributed by atoms with Gasteiger partial charge in [-0.25, -0.2) is 4.98 Å². The van der Waals surface area contributed by atoms with Crippen molar-refractivity contribution in [2.45, 2.75) is 38.7 Å². The molecule has 4 nitrogen and oxygen atoms in total. The number of carbonyl (C=O) groups is 1. The molecule has 1 fully saturated rings. The van der Waals surface area contributed by atoms with E-state index < -0.39 is 0 Å². The predicted molar refractivity (Wildman–Crippen MR) is 96.8 cm³/mol. The summed E-state index contributed by atoms with van der Waals surface area (Å²) in [7, 11) is 0. The van der Waals surface area contributed by atoms with Crippen LogP contribution in [-0.2, 0) is 9.53 Å². The van der Waals surface area contributed by atoms with Gasteiger partial charge in [-0.05, 0) is 38.3 Å². The molecule has 2 aromatic rings. The molecule has 0 spiro atoms. The first kappa shape index (κ1) is 16.6. The van der Waals surface area contributed by atoms with Gasteiger partial charge < -0.3 is 10.1 Å². The lowest BCUT2D eigenvalue weighted by Gasteiger charge is -2.08. The Balaban J connectivity index is 1.61. The van der Waals surface area contributed by atoms with Gasteiger partial charge in [-0.3, -0.25) is 4.79 Å². The number of aromatic nitrogens is 1. The van der Waals surface area contributed by atoms with Crippen LogP contribution in [-0.4, -0.2) is 23.6 Å². The van der Waals surface area contributed by atoms with Gasteiger partial charge in [0.15, 0.2) is 5.13 Å². The largest absolute Gasteiger partial charge is 0.378 e. The molecule has 0 saturated carbocycles. The molecule has 1 unspecified atom stereocenters. The Kier molecular flexibility index (Phi) is 5.46. The van der Waals surface area contributed by atoms with Gasteiger partial charge in [-0.1, -0.05) is 28.1 Å². The van der Waals surface area contributed by atoms with Crippen LogP contribution < -0.4 is 5.32 Å². The molecule has 122 valence electrons. The van der Waals surface area contributed by atoms with E-state index in [0.717, 1.165) is 46.5 Å². The number of rotatable bonds is 5. The number of benzene rings is 1. The Labute approximate surface area is 148 Å². The van der Waals surface area contributed by atoms with Gasteiger partial charge in [0.25, 0.3) is 0 Å².